The highest BCUT2D eigenvalue weighted by atomic mass is 16.5. The van der Waals surface area contributed by atoms with Crippen molar-refractivity contribution in [3.63, 3.8) is 0 Å². The van der Waals surface area contributed by atoms with Gasteiger partial charge >= 0.3 is 0 Å². The van der Waals surface area contributed by atoms with E-state index in [9.17, 15) is 4.79 Å². The van der Waals surface area contributed by atoms with Gasteiger partial charge < -0.3 is 14.9 Å². The highest BCUT2D eigenvalue weighted by molar-refractivity contribution is 5.96. The summed E-state index contributed by atoms with van der Waals surface area (Å²) < 4.78 is 11.4. The van der Waals surface area contributed by atoms with E-state index in [1.807, 2.05) is 27.7 Å². The van der Waals surface area contributed by atoms with Gasteiger partial charge in [-0.3, -0.25) is 4.79 Å². The van der Waals surface area contributed by atoms with E-state index >= 15 is 0 Å². The molecule has 18 heavy (non-hydrogen) atoms. The minimum Gasteiger partial charge on any atom is -0.457 e. The predicted octanol–water partition coefficient (Wildman–Crippen LogP) is 2.51. The average Bonchev–Trinajstić information content (AvgIpc) is 2.79. The summed E-state index contributed by atoms with van der Waals surface area (Å²) in [5.41, 5.74) is 4.75. The van der Waals surface area contributed by atoms with Crippen molar-refractivity contribution in [2.75, 3.05) is 0 Å². The first-order valence-electron chi connectivity index (χ1n) is 6.28. The molecule has 0 spiro atoms. The van der Waals surface area contributed by atoms with Gasteiger partial charge in [0.05, 0.1) is 23.7 Å². The lowest BCUT2D eigenvalue weighted by atomic mass is 9.83. The maximum atomic E-state index is 12.5. The number of furan rings is 1. The number of hydrogen-bond donors (Lipinski definition) is 1. The minimum atomic E-state index is -0.462. The van der Waals surface area contributed by atoms with E-state index in [4.69, 9.17) is 14.9 Å². The molecule has 0 aromatic carbocycles. The quantitative estimate of drug-likeness (QED) is 0.838. The summed E-state index contributed by atoms with van der Waals surface area (Å²) >= 11 is 0. The smallest absolute Gasteiger partial charge is 0.204 e. The Bertz CT molecular complexity index is 459. The second-order valence-corrected chi connectivity index (χ2v) is 6.06. The van der Waals surface area contributed by atoms with Gasteiger partial charge in [0.1, 0.15) is 5.76 Å². The lowest BCUT2D eigenvalue weighted by Gasteiger charge is -2.26. The minimum absolute atomic E-state index is 0.00488. The fraction of sp³-hybridized carbons (Fsp3) is 0.643. The van der Waals surface area contributed by atoms with Crippen molar-refractivity contribution >= 4 is 5.78 Å². The molecule has 2 rings (SSSR count). The molecule has 1 saturated heterocycles. The summed E-state index contributed by atoms with van der Waals surface area (Å²) in [4.78, 5) is 12.5. The van der Waals surface area contributed by atoms with Crippen LogP contribution in [0.15, 0.2) is 16.5 Å². The Morgan fingerprint density at radius 3 is 2.50 bits per heavy atom. The van der Waals surface area contributed by atoms with Crippen molar-refractivity contribution in [2.45, 2.75) is 51.9 Å². The summed E-state index contributed by atoms with van der Waals surface area (Å²) in [5, 5.41) is 0. The van der Waals surface area contributed by atoms with Crippen LogP contribution in [0.4, 0.5) is 0 Å². The van der Waals surface area contributed by atoms with Crippen molar-refractivity contribution in [3.05, 3.63) is 23.7 Å². The number of ether oxygens (including phenoxy) is 1. The van der Waals surface area contributed by atoms with Gasteiger partial charge in [0.25, 0.3) is 0 Å². The molecule has 2 N–H and O–H groups in total. The molecular weight excluding hydrogens is 230 g/mol. The molecule has 1 unspecified atom stereocenters. The van der Waals surface area contributed by atoms with Gasteiger partial charge in [-0.25, -0.2) is 0 Å². The van der Waals surface area contributed by atoms with E-state index in [2.05, 4.69) is 0 Å². The summed E-state index contributed by atoms with van der Waals surface area (Å²) in [6.45, 7) is 8.24. The standard InChI is InChI=1S/C14H21NO3/c1-13(2)7-10(14(3,4)18-13)12(16)11-6-5-9(8-15)17-11/h5-6,10H,7-8,15H2,1-4H3. The predicted molar refractivity (Wildman–Crippen MR) is 68.3 cm³/mol. The van der Waals surface area contributed by atoms with Crippen LogP contribution >= 0.6 is 0 Å². The van der Waals surface area contributed by atoms with E-state index in [0.29, 0.717) is 24.5 Å². The fourth-order valence-corrected chi connectivity index (χ4v) is 2.76. The van der Waals surface area contributed by atoms with Gasteiger partial charge in [0, 0.05) is 0 Å². The van der Waals surface area contributed by atoms with Gasteiger partial charge in [0.15, 0.2) is 5.76 Å². The first-order chi connectivity index (χ1) is 8.25. The molecule has 1 aliphatic heterocycles. The number of carbonyl (C=O) groups excluding carboxylic acids is 1. The third-order valence-electron chi connectivity index (χ3n) is 3.50. The molecule has 4 heteroatoms. The third-order valence-corrected chi connectivity index (χ3v) is 3.50. The molecule has 100 valence electrons. The van der Waals surface area contributed by atoms with Crippen LogP contribution in [0.3, 0.4) is 0 Å². The van der Waals surface area contributed by atoms with Crippen LogP contribution in [0.25, 0.3) is 0 Å². The van der Waals surface area contributed by atoms with E-state index < -0.39 is 5.60 Å². The molecule has 0 aliphatic carbocycles. The molecule has 1 fully saturated rings. The molecule has 0 saturated carbocycles. The van der Waals surface area contributed by atoms with Crippen molar-refractivity contribution in [3.8, 4) is 0 Å². The van der Waals surface area contributed by atoms with Crippen molar-refractivity contribution < 1.29 is 13.9 Å². The maximum Gasteiger partial charge on any atom is 0.204 e. The fourth-order valence-electron chi connectivity index (χ4n) is 2.76. The van der Waals surface area contributed by atoms with E-state index in [1.54, 1.807) is 12.1 Å². The Morgan fingerprint density at radius 2 is 2.06 bits per heavy atom. The van der Waals surface area contributed by atoms with E-state index in [1.165, 1.54) is 0 Å². The van der Waals surface area contributed by atoms with E-state index in [-0.39, 0.29) is 17.3 Å². The first-order valence-corrected chi connectivity index (χ1v) is 6.28. The molecule has 0 radical (unpaired) electrons. The summed E-state index contributed by atoms with van der Waals surface area (Å²) in [6, 6.07) is 3.45. The zero-order valence-corrected chi connectivity index (χ0v) is 11.4. The molecular formula is C14H21NO3. The zero-order chi connectivity index (χ0) is 13.6. The Labute approximate surface area is 107 Å². The number of rotatable bonds is 3. The van der Waals surface area contributed by atoms with Crippen LogP contribution in [-0.2, 0) is 11.3 Å². The summed E-state index contributed by atoms with van der Waals surface area (Å²) in [5.74, 6) is 0.846. The van der Waals surface area contributed by atoms with Crippen LogP contribution in [0, 0.1) is 5.92 Å². The molecule has 0 amide bonds. The summed E-state index contributed by atoms with van der Waals surface area (Å²) in [6.07, 6.45) is 0.706. The van der Waals surface area contributed by atoms with Crippen LogP contribution in [-0.4, -0.2) is 17.0 Å². The lowest BCUT2D eigenvalue weighted by Crippen LogP contribution is -2.33. The van der Waals surface area contributed by atoms with Crippen molar-refractivity contribution in [2.24, 2.45) is 11.7 Å². The molecule has 1 aliphatic rings. The second-order valence-electron chi connectivity index (χ2n) is 6.06. The highest BCUT2D eigenvalue weighted by Gasteiger charge is 2.49. The number of hydrogen-bond acceptors (Lipinski definition) is 4. The zero-order valence-electron chi connectivity index (χ0n) is 11.4. The van der Waals surface area contributed by atoms with Crippen LogP contribution in [0.2, 0.25) is 0 Å². The first kappa shape index (κ1) is 13.3. The average molecular weight is 251 g/mol. The van der Waals surface area contributed by atoms with Gasteiger partial charge in [0.2, 0.25) is 5.78 Å². The molecule has 2 heterocycles. The number of nitrogens with two attached hydrogens (primary N) is 1. The Morgan fingerprint density at radius 1 is 1.39 bits per heavy atom. The number of carbonyl (C=O) groups is 1. The Hall–Kier alpha value is -1.13. The van der Waals surface area contributed by atoms with Crippen LogP contribution < -0.4 is 5.73 Å². The summed E-state index contributed by atoms with van der Waals surface area (Å²) in [7, 11) is 0. The van der Waals surface area contributed by atoms with Gasteiger partial charge in [-0.1, -0.05) is 0 Å². The monoisotopic (exact) mass is 251 g/mol. The normalized spacial score (nSPS) is 25.3. The van der Waals surface area contributed by atoms with Gasteiger partial charge in [-0.2, -0.15) is 0 Å². The molecule has 1 atom stereocenters. The topological polar surface area (TPSA) is 65.5 Å². The van der Waals surface area contributed by atoms with Crippen molar-refractivity contribution in [1.82, 2.24) is 0 Å². The maximum absolute atomic E-state index is 12.5. The molecule has 1 aromatic heterocycles. The second kappa shape index (κ2) is 4.21. The lowest BCUT2D eigenvalue weighted by molar-refractivity contribution is -0.0713. The van der Waals surface area contributed by atoms with Crippen molar-refractivity contribution in [1.29, 1.82) is 0 Å². The Balaban J connectivity index is 2.24. The van der Waals surface area contributed by atoms with Gasteiger partial charge in [-0.05, 0) is 46.2 Å². The largest absolute Gasteiger partial charge is 0.457 e. The van der Waals surface area contributed by atoms with Crippen LogP contribution in [0.1, 0.15) is 50.4 Å². The third kappa shape index (κ3) is 2.35. The molecule has 1 aromatic rings. The van der Waals surface area contributed by atoms with E-state index in [0.717, 1.165) is 0 Å². The highest BCUT2D eigenvalue weighted by Crippen LogP contribution is 2.43. The van der Waals surface area contributed by atoms with Gasteiger partial charge in [-0.15, -0.1) is 0 Å². The van der Waals surface area contributed by atoms with Crippen LogP contribution in [0.5, 0.6) is 0 Å². The SMILES string of the molecule is CC1(C)CC(C(=O)c2ccc(CN)o2)C(C)(C)O1. The Kier molecular flexibility index (Phi) is 3.11. The number of ketones is 1. The molecule has 4 nitrogen and oxygen atoms in total. The molecule has 0 bridgehead atoms. The number of Topliss-reactive ketones (excluding diaryl/α,β-unsaturated/α-hetero) is 1.